The number of halogens is 4. The second-order valence-corrected chi connectivity index (χ2v) is 10.3. The Kier molecular flexibility index (Phi) is 7.57. The van der Waals surface area contributed by atoms with Gasteiger partial charge in [0.1, 0.15) is 24.1 Å². The Morgan fingerprint density at radius 1 is 1.13 bits per heavy atom. The van der Waals surface area contributed by atoms with Crippen molar-refractivity contribution in [3.8, 4) is 5.75 Å². The van der Waals surface area contributed by atoms with Crippen LogP contribution >= 0.6 is 11.6 Å². The molecule has 39 heavy (non-hydrogen) atoms. The quantitative estimate of drug-likeness (QED) is 0.287. The number of alkyl halides is 3. The van der Waals surface area contributed by atoms with Crippen LogP contribution in [0.1, 0.15) is 27.8 Å². The average Bonchev–Trinajstić information content (AvgIpc) is 3.57. The van der Waals surface area contributed by atoms with Crippen LogP contribution in [0, 0.1) is 0 Å². The highest BCUT2D eigenvalue weighted by molar-refractivity contribution is 6.33. The van der Waals surface area contributed by atoms with E-state index in [1.54, 1.807) is 0 Å². The van der Waals surface area contributed by atoms with Crippen molar-refractivity contribution >= 4 is 17.6 Å². The summed E-state index contributed by atoms with van der Waals surface area (Å²) in [5, 5.41) is 41.7. The van der Waals surface area contributed by atoms with E-state index in [2.05, 4.69) is 4.90 Å². The van der Waals surface area contributed by atoms with Gasteiger partial charge in [0.15, 0.2) is 6.10 Å². The Bertz CT molecular complexity index is 1240. The summed E-state index contributed by atoms with van der Waals surface area (Å²) in [4.78, 5) is 14.3. The number of esters is 1. The third-order valence-corrected chi connectivity index (χ3v) is 7.58. The van der Waals surface area contributed by atoms with Crippen molar-refractivity contribution in [2.45, 2.75) is 55.8 Å². The third-order valence-electron chi connectivity index (χ3n) is 7.16. The third kappa shape index (κ3) is 5.34. The van der Waals surface area contributed by atoms with E-state index in [-0.39, 0.29) is 41.3 Å². The van der Waals surface area contributed by atoms with Crippen LogP contribution < -0.4 is 4.74 Å². The molecule has 3 aliphatic heterocycles. The zero-order chi connectivity index (χ0) is 28.1. The first-order valence-electron chi connectivity index (χ1n) is 12.4. The first kappa shape index (κ1) is 28.1. The maximum absolute atomic E-state index is 13.4. The molecule has 13 heteroatoms. The monoisotopic (exact) mass is 573 g/mol. The molecule has 5 atom stereocenters. The summed E-state index contributed by atoms with van der Waals surface area (Å²) in [5.74, 6) is -5.53. The second kappa shape index (κ2) is 10.5. The fraction of sp³-hybridized carbons (Fsp3) is 0.500. The number of aliphatic hydroxyl groups is 4. The topological polar surface area (TPSA) is 129 Å². The maximum Gasteiger partial charge on any atom is 0.491 e. The first-order chi connectivity index (χ1) is 18.4. The van der Waals surface area contributed by atoms with Crippen LogP contribution in [0.25, 0.3) is 0 Å². The average molecular weight is 574 g/mol. The number of ether oxygens (including phenoxy) is 3. The molecule has 2 saturated heterocycles. The summed E-state index contributed by atoms with van der Waals surface area (Å²) in [5.41, 5.74) is 2.25. The molecule has 5 rings (SSSR count). The van der Waals surface area contributed by atoms with Gasteiger partial charge in [0, 0.05) is 37.2 Å². The standard InChI is InChI=1S/C26H27ClF3NO8/c27-19-15(9-13-1-3-14(4-2-13)11-31-6-7-31)10-17(16-5-8-37-22(16)19)25(39-24(36)26(28,29)30)23(35)21(34)20(33)18(12-32)38-25/h1-4,10,18,20-21,23,32-35H,5-9,11-12H2/t18-,20-,21-,23-,25+/m1/s1. The van der Waals surface area contributed by atoms with E-state index in [4.69, 9.17) is 25.8 Å². The van der Waals surface area contributed by atoms with Crippen molar-refractivity contribution in [1.82, 2.24) is 4.90 Å². The van der Waals surface area contributed by atoms with Gasteiger partial charge in [-0.25, -0.2) is 4.79 Å². The predicted molar refractivity (Wildman–Crippen MR) is 129 cm³/mol. The molecule has 212 valence electrons. The van der Waals surface area contributed by atoms with Gasteiger partial charge in [-0.05, 0) is 29.2 Å². The highest BCUT2D eigenvalue weighted by Crippen LogP contribution is 2.48. The van der Waals surface area contributed by atoms with Crippen LogP contribution in [0.5, 0.6) is 5.75 Å². The molecule has 9 nitrogen and oxygen atoms in total. The lowest BCUT2D eigenvalue weighted by Crippen LogP contribution is -2.65. The molecule has 0 radical (unpaired) electrons. The molecular formula is C26H27ClF3NO8. The molecule has 0 spiro atoms. The van der Waals surface area contributed by atoms with Crippen LogP contribution in [-0.4, -0.2) is 88.2 Å². The number of rotatable bonds is 7. The molecule has 3 aliphatic rings. The lowest BCUT2D eigenvalue weighted by molar-refractivity contribution is -0.367. The zero-order valence-corrected chi connectivity index (χ0v) is 21.3. The summed E-state index contributed by atoms with van der Waals surface area (Å²) in [6.45, 7) is 2.05. The molecule has 3 heterocycles. The van der Waals surface area contributed by atoms with Crippen LogP contribution in [0.3, 0.4) is 0 Å². The highest BCUT2D eigenvalue weighted by atomic mass is 35.5. The Morgan fingerprint density at radius 3 is 2.41 bits per heavy atom. The van der Waals surface area contributed by atoms with E-state index in [9.17, 15) is 38.4 Å². The number of fused-ring (bicyclic) bond motifs is 1. The summed E-state index contributed by atoms with van der Waals surface area (Å²) in [6.07, 6.45) is -13.3. The smallest absolute Gasteiger partial charge is 0.491 e. The molecule has 2 aromatic rings. The van der Waals surface area contributed by atoms with Gasteiger partial charge < -0.3 is 34.6 Å². The van der Waals surface area contributed by atoms with Gasteiger partial charge in [-0.15, -0.1) is 0 Å². The Labute approximate surface area is 226 Å². The Hall–Kier alpha value is -2.45. The maximum atomic E-state index is 13.4. The molecule has 0 bridgehead atoms. The summed E-state index contributed by atoms with van der Waals surface area (Å²) >= 11 is 6.64. The Morgan fingerprint density at radius 2 is 1.79 bits per heavy atom. The van der Waals surface area contributed by atoms with Crippen LogP contribution in [-0.2, 0) is 39.4 Å². The van der Waals surface area contributed by atoms with Gasteiger partial charge in [-0.3, -0.25) is 4.90 Å². The predicted octanol–water partition coefficient (Wildman–Crippen LogP) is 1.41. The van der Waals surface area contributed by atoms with Crippen LogP contribution in [0.15, 0.2) is 30.3 Å². The number of carbonyl (C=O) groups is 1. The van der Waals surface area contributed by atoms with E-state index < -0.39 is 49.0 Å². The number of hydrogen-bond donors (Lipinski definition) is 4. The molecule has 0 saturated carbocycles. The lowest BCUT2D eigenvalue weighted by atomic mass is 9.84. The number of carbonyl (C=O) groups excluding carboxylic acids is 1. The minimum atomic E-state index is -5.49. The molecule has 4 N–H and O–H groups in total. The lowest BCUT2D eigenvalue weighted by Gasteiger charge is -2.48. The van der Waals surface area contributed by atoms with E-state index in [0.29, 0.717) is 5.56 Å². The number of benzene rings is 2. The molecule has 0 unspecified atom stereocenters. The number of aliphatic hydroxyl groups excluding tert-OH is 4. The first-order valence-corrected chi connectivity index (χ1v) is 12.7. The van der Waals surface area contributed by atoms with Crippen molar-refractivity contribution < 1.29 is 52.6 Å². The van der Waals surface area contributed by atoms with Crippen molar-refractivity contribution in [1.29, 1.82) is 0 Å². The van der Waals surface area contributed by atoms with Crippen LogP contribution in [0.2, 0.25) is 5.02 Å². The minimum absolute atomic E-state index is 0.0880. The van der Waals surface area contributed by atoms with Gasteiger partial charge in [0.25, 0.3) is 5.79 Å². The zero-order valence-electron chi connectivity index (χ0n) is 20.5. The van der Waals surface area contributed by atoms with Crippen LogP contribution in [0.4, 0.5) is 13.2 Å². The largest absolute Gasteiger partial charge is 0.491 e. The molecule has 2 fully saturated rings. The van der Waals surface area contributed by atoms with Gasteiger partial charge in [-0.2, -0.15) is 13.2 Å². The van der Waals surface area contributed by atoms with Gasteiger partial charge >= 0.3 is 12.1 Å². The normalized spacial score (nSPS) is 28.6. The fourth-order valence-corrected chi connectivity index (χ4v) is 5.28. The number of hydrogen-bond acceptors (Lipinski definition) is 9. The number of nitrogens with zero attached hydrogens (tertiary/aromatic N) is 1. The fourth-order valence-electron chi connectivity index (χ4n) is 4.99. The Balaban J connectivity index is 1.60. The van der Waals surface area contributed by atoms with Crippen molar-refractivity contribution in [3.05, 3.63) is 63.2 Å². The van der Waals surface area contributed by atoms with Gasteiger partial charge in [-0.1, -0.05) is 35.9 Å². The minimum Gasteiger partial charge on any atom is -0.491 e. The molecule has 2 aromatic carbocycles. The molecule has 0 amide bonds. The van der Waals surface area contributed by atoms with Crippen molar-refractivity contribution in [2.75, 3.05) is 26.3 Å². The summed E-state index contributed by atoms with van der Waals surface area (Å²) in [6, 6.07) is 9.02. The highest BCUT2D eigenvalue weighted by Gasteiger charge is 2.61. The van der Waals surface area contributed by atoms with Crippen molar-refractivity contribution in [3.63, 3.8) is 0 Å². The van der Waals surface area contributed by atoms with E-state index in [1.165, 1.54) is 6.07 Å². The van der Waals surface area contributed by atoms with E-state index in [1.807, 2.05) is 24.3 Å². The molecule has 0 aliphatic carbocycles. The molecule has 0 aromatic heterocycles. The van der Waals surface area contributed by atoms with E-state index >= 15 is 0 Å². The van der Waals surface area contributed by atoms with Crippen molar-refractivity contribution in [2.24, 2.45) is 0 Å². The van der Waals surface area contributed by atoms with Gasteiger partial charge in [0.2, 0.25) is 0 Å². The second-order valence-electron chi connectivity index (χ2n) is 9.89. The van der Waals surface area contributed by atoms with E-state index in [0.717, 1.165) is 30.8 Å². The summed E-state index contributed by atoms with van der Waals surface area (Å²) in [7, 11) is 0. The SMILES string of the molecule is O=C(O[C@]1(c2cc(Cc3ccc(CN4CC4)cc3)c(Cl)c3c2CCO3)O[C@H](CO)[C@@H](O)[C@@H](O)[C@H]1O)C(F)(F)F. The summed E-state index contributed by atoms with van der Waals surface area (Å²) < 4.78 is 56.1. The molecular weight excluding hydrogens is 547 g/mol. The van der Waals surface area contributed by atoms with Gasteiger partial charge in [0.05, 0.1) is 18.2 Å².